The van der Waals surface area contributed by atoms with Crippen LogP contribution in [0.2, 0.25) is 0 Å². The predicted molar refractivity (Wildman–Crippen MR) is 66.7 cm³/mol. The SMILES string of the molecule is CCC(C)(O)CNc1nnc2ccccc2n1. The summed E-state index contributed by atoms with van der Waals surface area (Å²) in [5.41, 5.74) is 0.802. The maximum atomic E-state index is 9.86. The molecule has 2 aromatic rings. The number of para-hydroxylation sites is 1. The highest BCUT2D eigenvalue weighted by Gasteiger charge is 2.17. The van der Waals surface area contributed by atoms with Crippen LogP contribution in [0.25, 0.3) is 11.0 Å². The summed E-state index contributed by atoms with van der Waals surface area (Å²) in [6.07, 6.45) is 0.668. The molecule has 1 heterocycles. The van der Waals surface area contributed by atoms with Crippen LogP contribution in [0.5, 0.6) is 0 Å². The van der Waals surface area contributed by atoms with Crippen LogP contribution in [0.15, 0.2) is 24.3 Å². The van der Waals surface area contributed by atoms with Crippen LogP contribution in [-0.2, 0) is 0 Å². The summed E-state index contributed by atoms with van der Waals surface area (Å²) < 4.78 is 0. The Morgan fingerprint density at radius 3 is 2.65 bits per heavy atom. The van der Waals surface area contributed by atoms with Gasteiger partial charge in [0.15, 0.2) is 0 Å². The molecule has 0 aliphatic carbocycles. The third kappa shape index (κ3) is 2.88. The zero-order chi connectivity index (χ0) is 12.3. The molecule has 0 fully saturated rings. The van der Waals surface area contributed by atoms with Crippen LogP contribution >= 0.6 is 0 Å². The highest BCUT2D eigenvalue weighted by Crippen LogP contribution is 2.11. The Balaban J connectivity index is 2.14. The zero-order valence-corrected chi connectivity index (χ0v) is 10.0. The Morgan fingerprint density at radius 2 is 1.94 bits per heavy atom. The molecule has 2 N–H and O–H groups in total. The van der Waals surface area contributed by atoms with Crippen molar-refractivity contribution in [1.82, 2.24) is 15.2 Å². The van der Waals surface area contributed by atoms with E-state index in [1.54, 1.807) is 6.92 Å². The minimum atomic E-state index is -0.755. The highest BCUT2D eigenvalue weighted by molar-refractivity contribution is 5.73. The number of nitrogens with zero attached hydrogens (tertiary/aromatic N) is 3. The molecule has 2 rings (SSSR count). The van der Waals surface area contributed by atoms with Gasteiger partial charge in [-0.05, 0) is 25.5 Å². The lowest BCUT2D eigenvalue weighted by Crippen LogP contribution is -2.33. The molecular formula is C12H16N4O. The fourth-order valence-electron chi connectivity index (χ4n) is 1.35. The van der Waals surface area contributed by atoms with Crippen LogP contribution < -0.4 is 5.32 Å². The first-order valence-electron chi connectivity index (χ1n) is 5.66. The molecule has 0 saturated heterocycles. The first kappa shape index (κ1) is 11.7. The van der Waals surface area contributed by atoms with Gasteiger partial charge in [0.05, 0.1) is 11.1 Å². The smallest absolute Gasteiger partial charge is 0.243 e. The van der Waals surface area contributed by atoms with Gasteiger partial charge in [-0.25, -0.2) is 4.98 Å². The van der Waals surface area contributed by atoms with Gasteiger partial charge in [0.1, 0.15) is 5.52 Å². The lowest BCUT2D eigenvalue weighted by molar-refractivity contribution is 0.0695. The van der Waals surface area contributed by atoms with E-state index in [1.807, 2.05) is 31.2 Å². The average Bonchev–Trinajstić information content (AvgIpc) is 2.36. The van der Waals surface area contributed by atoms with Crippen LogP contribution in [0.1, 0.15) is 20.3 Å². The number of hydrogen-bond donors (Lipinski definition) is 2. The van der Waals surface area contributed by atoms with E-state index in [-0.39, 0.29) is 0 Å². The largest absolute Gasteiger partial charge is 0.388 e. The molecule has 5 heteroatoms. The van der Waals surface area contributed by atoms with Crippen molar-refractivity contribution in [3.05, 3.63) is 24.3 Å². The summed E-state index contributed by atoms with van der Waals surface area (Å²) in [7, 11) is 0. The van der Waals surface area contributed by atoms with Crippen molar-refractivity contribution >= 4 is 17.0 Å². The van der Waals surface area contributed by atoms with Crippen molar-refractivity contribution < 1.29 is 5.11 Å². The quantitative estimate of drug-likeness (QED) is 0.837. The molecule has 0 bridgehead atoms. The summed E-state index contributed by atoms with van der Waals surface area (Å²) in [6.45, 7) is 4.11. The lowest BCUT2D eigenvalue weighted by Gasteiger charge is -2.21. The fraction of sp³-hybridized carbons (Fsp3) is 0.417. The summed E-state index contributed by atoms with van der Waals surface area (Å²) >= 11 is 0. The second-order valence-electron chi connectivity index (χ2n) is 4.33. The van der Waals surface area contributed by atoms with Gasteiger partial charge in [-0.3, -0.25) is 0 Å². The predicted octanol–water partition coefficient (Wildman–Crippen LogP) is 1.60. The maximum absolute atomic E-state index is 9.86. The molecule has 5 nitrogen and oxygen atoms in total. The van der Waals surface area contributed by atoms with Gasteiger partial charge in [-0.15, -0.1) is 10.2 Å². The number of hydrogen-bond acceptors (Lipinski definition) is 5. The number of fused-ring (bicyclic) bond motifs is 1. The topological polar surface area (TPSA) is 70.9 Å². The molecule has 1 aromatic carbocycles. The van der Waals surface area contributed by atoms with E-state index in [1.165, 1.54) is 0 Å². The first-order chi connectivity index (χ1) is 8.11. The van der Waals surface area contributed by atoms with Gasteiger partial charge in [0.25, 0.3) is 0 Å². The minimum Gasteiger partial charge on any atom is -0.388 e. The fourth-order valence-corrected chi connectivity index (χ4v) is 1.35. The van der Waals surface area contributed by atoms with E-state index >= 15 is 0 Å². The molecule has 17 heavy (non-hydrogen) atoms. The van der Waals surface area contributed by atoms with Gasteiger partial charge < -0.3 is 10.4 Å². The Labute approximate surface area is 99.9 Å². The van der Waals surface area contributed by atoms with Gasteiger partial charge in [-0.1, -0.05) is 19.1 Å². The van der Waals surface area contributed by atoms with Crippen molar-refractivity contribution in [1.29, 1.82) is 0 Å². The monoisotopic (exact) mass is 232 g/mol. The van der Waals surface area contributed by atoms with Gasteiger partial charge >= 0.3 is 0 Å². The second kappa shape index (κ2) is 4.63. The van der Waals surface area contributed by atoms with Crippen molar-refractivity contribution in [2.45, 2.75) is 25.9 Å². The molecule has 0 radical (unpaired) electrons. The van der Waals surface area contributed by atoms with Crippen LogP contribution in [-0.4, -0.2) is 32.4 Å². The van der Waals surface area contributed by atoms with E-state index in [2.05, 4.69) is 20.5 Å². The van der Waals surface area contributed by atoms with Crippen molar-refractivity contribution in [3.8, 4) is 0 Å². The molecule has 0 saturated carbocycles. The van der Waals surface area contributed by atoms with E-state index in [0.717, 1.165) is 11.0 Å². The average molecular weight is 232 g/mol. The molecule has 0 spiro atoms. The molecule has 0 aliphatic heterocycles. The Kier molecular flexibility index (Phi) is 3.19. The van der Waals surface area contributed by atoms with E-state index < -0.39 is 5.60 Å². The summed E-state index contributed by atoms with van der Waals surface area (Å²) in [4.78, 5) is 4.32. The molecule has 0 aliphatic rings. The third-order valence-electron chi connectivity index (χ3n) is 2.75. The number of aromatic nitrogens is 3. The molecule has 1 atom stereocenters. The van der Waals surface area contributed by atoms with Crippen LogP contribution in [0, 0.1) is 0 Å². The molecule has 0 amide bonds. The Hall–Kier alpha value is -1.75. The highest BCUT2D eigenvalue weighted by atomic mass is 16.3. The lowest BCUT2D eigenvalue weighted by atomic mass is 10.0. The summed E-state index contributed by atoms with van der Waals surface area (Å²) in [6, 6.07) is 7.55. The van der Waals surface area contributed by atoms with Gasteiger partial charge in [0, 0.05) is 6.54 Å². The van der Waals surface area contributed by atoms with Gasteiger partial charge in [0.2, 0.25) is 5.95 Å². The maximum Gasteiger partial charge on any atom is 0.243 e. The molecule has 1 unspecified atom stereocenters. The van der Waals surface area contributed by atoms with Gasteiger partial charge in [-0.2, -0.15) is 0 Å². The van der Waals surface area contributed by atoms with Crippen molar-refractivity contribution in [3.63, 3.8) is 0 Å². The van der Waals surface area contributed by atoms with Crippen molar-refractivity contribution in [2.24, 2.45) is 0 Å². The number of anilines is 1. The molecule has 1 aromatic heterocycles. The van der Waals surface area contributed by atoms with Crippen LogP contribution in [0.4, 0.5) is 5.95 Å². The number of rotatable bonds is 4. The minimum absolute atomic E-state index is 0.406. The van der Waals surface area contributed by atoms with E-state index in [4.69, 9.17) is 0 Å². The van der Waals surface area contributed by atoms with Crippen molar-refractivity contribution in [2.75, 3.05) is 11.9 Å². The number of benzene rings is 1. The van der Waals surface area contributed by atoms with E-state index in [9.17, 15) is 5.11 Å². The Morgan fingerprint density at radius 1 is 1.24 bits per heavy atom. The third-order valence-corrected chi connectivity index (χ3v) is 2.75. The summed E-state index contributed by atoms with van der Waals surface area (Å²) in [5.74, 6) is 0.442. The zero-order valence-electron chi connectivity index (χ0n) is 10.0. The molecular weight excluding hydrogens is 216 g/mol. The normalized spacial score (nSPS) is 14.5. The Bertz CT molecular complexity index is 513. The second-order valence-corrected chi connectivity index (χ2v) is 4.33. The first-order valence-corrected chi connectivity index (χ1v) is 5.66. The van der Waals surface area contributed by atoms with E-state index in [0.29, 0.717) is 18.9 Å². The number of nitrogens with one attached hydrogen (secondary N) is 1. The standard InChI is InChI=1S/C12H16N4O/c1-3-12(2,17)8-13-11-14-9-6-4-5-7-10(9)15-16-11/h4-7,17H,3,8H2,1-2H3,(H,13,14,16). The molecule has 90 valence electrons. The number of aliphatic hydroxyl groups is 1. The summed E-state index contributed by atoms with van der Waals surface area (Å²) in [5, 5.41) is 20.9. The van der Waals surface area contributed by atoms with Crippen LogP contribution in [0.3, 0.4) is 0 Å².